The van der Waals surface area contributed by atoms with E-state index in [9.17, 15) is 8.78 Å². The zero-order valence-electron chi connectivity index (χ0n) is 8.84. The molecule has 0 fully saturated rings. The van der Waals surface area contributed by atoms with Crippen LogP contribution in [0.2, 0.25) is 0 Å². The van der Waals surface area contributed by atoms with Crippen molar-refractivity contribution in [2.24, 2.45) is 0 Å². The summed E-state index contributed by atoms with van der Waals surface area (Å²) in [6, 6.07) is 1.84. The molecule has 0 saturated heterocycles. The molecule has 2 N–H and O–H groups in total. The molecule has 1 aromatic heterocycles. The summed E-state index contributed by atoms with van der Waals surface area (Å²) in [7, 11) is 1.60. The third kappa shape index (κ3) is 2.20. The first-order valence-corrected chi connectivity index (χ1v) is 5.60. The first-order valence-electron chi connectivity index (χ1n) is 4.81. The van der Waals surface area contributed by atoms with Gasteiger partial charge < -0.3 is 5.32 Å². The molecular weight excluding hydrogens is 294 g/mol. The van der Waals surface area contributed by atoms with Gasteiger partial charge in [-0.15, -0.1) is 0 Å². The molecule has 4 nitrogen and oxygen atoms in total. The molecule has 1 heterocycles. The van der Waals surface area contributed by atoms with Gasteiger partial charge >= 0.3 is 0 Å². The third-order valence-corrected chi connectivity index (χ3v) is 3.00. The van der Waals surface area contributed by atoms with E-state index in [1.54, 1.807) is 7.05 Å². The van der Waals surface area contributed by atoms with Gasteiger partial charge in [0.1, 0.15) is 17.3 Å². The van der Waals surface area contributed by atoms with Crippen molar-refractivity contribution in [3.05, 3.63) is 45.7 Å². The molecule has 0 aliphatic rings. The quantitative estimate of drug-likeness (QED) is 0.854. The maximum Gasteiger partial charge on any atom is 0.145 e. The summed E-state index contributed by atoms with van der Waals surface area (Å²) in [6.07, 6.45) is 1.42. The Morgan fingerprint density at radius 1 is 1.41 bits per heavy atom. The van der Waals surface area contributed by atoms with E-state index in [-0.39, 0.29) is 10.0 Å². The Morgan fingerprint density at radius 2 is 2.18 bits per heavy atom. The molecule has 2 rings (SSSR count). The summed E-state index contributed by atoms with van der Waals surface area (Å²) in [5.41, 5.74) is 0.333. The molecule has 1 aromatic carbocycles. The number of aromatic amines is 1. The normalized spacial score (nSPS) is 12.7. The maximum absolute atomic E-state index is 13.9. The van der Waals surface area contributed by atoms with Crippen LogP contribution in [-0.2, 0) is 0 Å². The number of halogens is 3. The Balaban J connectivity index is 2.55. The average Bonchev–Trinajstić information content (AvgIpc) is 2.83. The summed E-state index contributed by atoms with van der Waals surface area (Å²) < 4.78 is 27.8. The molecule has 0 spiro atoms. The van der Waals surface area contributed by atoms with Gasteiger partial charge in [-0.2, -0.15) is 15.4 Å². The largest absolute Gasteiger partial charge is 0.308 e. The summed E-state index contributed by atoms with van der Waals surface area (Å²) in [6.45, 7) is 0. The van der Waals surface area contributed by atoms with Crippen LogP contribution >= 0.6 is 15.9 Å². The van der Waals surface area contributed by atoms with Crippen molar-refractivity contribution in [1.82, 2.24) is 20.7 Å². The predicted octanol–water partition coefficient (Wildman–Crippen LogP) is 2.15. The molecule has 0 aliphatic heterocycles. The van der Waals surface area contributed by atoms with Gasteiger partial charge in [-0.05, 0) is 35.1 Å². The lowest BCUT2D eigenvalue weighted by Crippen LogP contribution is -2.21. The van der Waals surface area contributed by atoms with Crippen molar-refractivity contribution in [3.63, 3.8) is 0 Å². The third-order valence-electron chi connectivity index (χ3n) is 2.39. The van der Waals surface area contributed by atoms with Gasteiger partial charge in [-0.3, -0.25) is 0 Å². The molecule has 17 heavy (non-hydrogen) atoms. The Bertz CT molecular complexity index is 515. The number of benzene rings is 1. The molecule has 90 valence electrons. The average molecular weight is 303 g/mol. The van der Waals surface area contributed by atoms with Crippen LogP contribution in [0, 0.1) is 11.6 Å². The molecule has 0 amide bonds. The van der Waals surface area contributed by atoms with Crippen molar-refractivity contribution >= 4 is 15.9 Å². The van der Waals surface area contributed by atoms with Gasteiger partial charge in [0.05, 0.1) is 16.7 Å². The predicted molar refractivity (Wildman–Crippen MR) is 61.3 cm³/mol. The van der Waals surface area contributed by atoms with Crippen LogP contribution in [0.1, 0.15) is 17.3 Å². The number of aromatic nitrogens is 3. The Labute approximate surface area is 105 Å². The molecule has 0 aliphatic carbocycles. The van der Waals surface area contributed by atoms with Gasteiger partial charge in [0.25, 0.3) is 0 Å². The standard InChI is InChI=1S/C10H9BrF2N4/c1-14-10(7-4-15-17-16-7)8-6(12)3-2-5(11)9(8)13/h2-4,10,14H,1H3,(H,15,16,17). The SMILES string of the molecule is CNC(c1cn[nH]n1)c1c(F)ccc(Br)c1F. The van der Waals surface area contributed by atoms with E-state index in [1.165, 1.54) is 18.3 Å². The minimum Gasteiger partial charge on any atom is -0.308 e. The second-order valence-electron chi connectivity index (χ2n) is 3.37. The zero-order chi connectivity index (χ0) is 12.4. The molecule has 0 bridgehead atoms. The number of rotatable bonds is 3. The lowest BCUT2D eigenvalue weighted by molar-refractivity contribution is 0.514. The van der Waals surface area contributed by atoms with Crippen LogP contribution in [-0.4, -0.2) is 22.5 Å². The topological polar surface area (TPSA) is 53.6 Å². The number of H-pyrrole nitrogens is 1. The van der Waals surface area contributed by atoms with Gasteiger partial charge in [0, 0.05) is 5.56 Å². The van der Waals surface area contributed by atoms with Crippen LogP contribution in [0.15, 0.2) is 22.8 Å². The zero-order valence-corrected chi connectivity index (χ0v) is 10.4. The highest BCUT2D eigenvalue weighted by atomic mass is 79.9. The highest BCUT2D eigenvalue weighted by molar-refractivity contribution is 9.10. The van der Waals surface area contributed by atoms with Gasteiger partial charge in [0.15, 0.2) is 0 Å². The molecule has 7 heteroatoms. The molecule has 2 aromatic rings. The lowest BCUT2D eigenvalue weighted by atomic mass is 10.0. The second kappa shape index (κ2) is 4.89. The van der Waals surface area contributed by atoms with E-state index >= 15 is 0 Å². The van der Waals surface area contributed by atoms with E-state index in [0.29, 0.717) is 5.69 Å². The molecule has 0 radical (unpaired) electrons. The summed E-state index contributed by atoms with van der Waals surface area (Å²) in [5.74, 6) is -1.28. The number of nitrogens with zero attached hydrogens (tertiary/aromatic N) is 2. The molecule has 1 unspecified atom stereocenters. The Hall–Kier alpha value is -1.34. The van der Waals surface area contributed by atoms with Crippen LogP contribution < -0.4 is 5.32 Å². The van der Waals surface area contributed by atoms with Crippen LogP contribution in [0.25, 0.3) is 0 Å². The fourth-order valence-electron chi connectivity index (χ4n) is 1.60. The van der Waals surface area contributed by atoms with Crippen molar-refractivity contribution < 1.29 is 8.78 Å². The van der Waals surface area contributed by atoms with Gasteiger partial charge in [0.2, 0.25) is 0 Å². The van der Waals surface area contributed by atoms with Crippen LogP contribution in [0.3, 0.4) is 0 Å². The number of hydrogen-bond acceptors (Lipinski definition) is 3. The summed E-state index contributed by atoms with van der Waals surface area (Å²) in [5, 5.41) is 12.7. The first-order chi connectivity index (χ1) is 8.15. The Kier molecular flexibility index (Phi) is 3.49. The number of nitrogens with one attached hydrogen (secondary N) is 2. The molecule has 1 atom stereocenters. The summed E-state index contributed by atoms with van der Waals surface area (Å²) in [4.78, 5) is 0. The minimum absolute atomic E-state index is 0.0872. The van der Waals surface area contributed by atoms with E-state index in [1.807, 2.05) is 0 Å². The van der Waals surface area contributed by atoms with E-state index in [0.717, 1.165) is 0 Å². The van der Waals surface area contributed by atoms with Crippen molar-refractivity contribution in [3.8, 4) is 0 Å². The molecular formula is C10H9BrF2N4. The lowest BCUT2D eigenvalue weighted by Gasteiger charge is -2.16. The minimum atomic E-state index is -0.689. The maximum atomic E-state index is 13.9. The van der Waals surface area contributed by atoms with Gasteiger partial charge in [-0.1, -0.05) is 0 Å². The highest BCUT2D eigenvalue weighted by Gasteiger charge is 2.24. The van der Waals surface area contributed by atoms with Crippen molar-refractivity contribution in [2.75, 3.05) is 7.05 Å². The summed E-state index contributed by atoms with van der Waals surface area (Å²) >= 11 is 3.03. The van der Waals surface area contributed by atoms with Crippen LogP contribution in [0.4, 0.5) is 8.78 Å². The Morgan fingerprint density at radius 3 is 2.76 bits per heavy atom. The number of hydrogen-bond donors (Lipinski definition) is 2. The monoisotopic (exact) mass is 302 g/mol. The van der Waals surface area contributed by atoms with E-state index in [2.05, 4.69) is 36.7 Å². The van der Waals surface area contributed by atoms with Crippen LogP contribution in [0.5, 0.6) is 0 Å². The fourth-order valence-corrected chi connectivity index (χ4v) is 1.94. The molecule has 0 saturated carbocycles. The highest BCUT2D eigenvalue weighted by Crippen LogP contribution is 2.29. The second-order valence-corrected chi connectivity index (χ2v) is 4.23. The smallest absolute Gasteiger partial charge is 0.145 e. The van der Waals surface area contributed by atoms with E-state index in [4.69, 9.17) is 0 Å². The van der Waals surface area contributed by atoms with Crippen molar-refractivity contribution in [1.29, 1.82) is 0 Å². The van der Waals surface area contributed by atoms with E-state index < -0.39 is 17.7 Å². The first kappa shape index (κ1) is 12.1. The van der Waals surface area contributed by atoms with Gasteiger partial charge in [-0.25, -0.2) is 8.78 Å². The fraction of sp³-hybridized carbons (Fsp3) is 0.200. The van der Waals surface area contributed by atoms with Crippen molar-refractivity contribution in [2.45, 2.75) is 6.04 Å².